The van der Waals surface area contributed by atoms with Crippen molar-refractivity contribution in [1.29, 1.82) is 0 Å². The molecule has 2 saturated heterocycles. The van der Waals surface area contributed by atoms with Crippen molar-refractivity contribution < 1.29 is 4.79 Å². The monoisotopic (exact) mass is 475 g/mol. The van der Waals surface area contributed by atoms with E-state index >= 15 is 0 Å². The van der Waals surface area contributed by atoms with Crippen molar-refractivity contribution in [3.63, 3.8) is 0 Å². The molecule has 4 nitrogen and oxygen atoms in total. The van der Waals surface area contributed by atoms with E-state index in [0.29, 0.717) is 17.2 Å². The molecule has 0 aromatic heterocycles. The molecule has 4 rings (SSSR count). The Balaban J connectivity index is 0.00000306. The Hall–Kier alpha value is -1.26. The normalized spacial score (nSPS) is 25.9. The topological polar surface area (TPSA) is 26.8 Å². The maximum Gasteiger partial charge on any atom is 0.239 e. The molecule has 1 unspecified atom stereocenters. The minimum atomic E-state index is 0. The van der Waals surface area contributed by atoms with Crippen LogP contribution in [0.4, 0.5) is 5.69 Å². The second kappa shape index (κ2) is 11.4. The van der Waals surface area contributed by atoms with Crippen LogP contribution < -0.4 is 4.90 Å². The van der Waals surface area contributed by atoms with Crippen molar-refractivity contribution in [2.24, 2.45) is 11.3 Å². The molecule has 1 aromatic rings. The fraction of sp³-hybridized carbons (Fsp3) is 0.750. The summed E-state index contributed by atoms with van der Waals surface area (Å²) in [5, 5.41) is 0. The zero-order valence-corrected chi connectivity index (χ0v) is 22.2. The summed E-state index contributed by atoms with van der Waals surface area (Å²) in [6.45, 7) is 15.2. The molecule has 1 atom stereocenters. The van der Waals surface area contributed by atoms with Crippen molar-refractivity contribution >= 4 is 24.0 Å². The Kier molecular flexibility index (Phi) is 9.14. The van der Waals surface area contributed by atoms with Gasteiger partial charge in [0.05, 0.1) is 6.04 Å². The lowest BCUT2D eigenvalue weighted by molar-refractivity contribution is -0.137. The molecule has 1 aromatic carbocycles. The van der Waals surface area contributed by atoms with Gasteiger partial charge < -0.3 is 9.80 Å². The van der Waals surface area contributed by atoms with Gasteiger partial charge in [0.1, 0.15) is 0 Å². The minimum Gasteiger partial charge on any atom is -0.369 e. The first kappa shape index (κ1) is 26.3. The molecule has 0 radical (unpaired) electrons. The van der Waals surface area contributed by atoms with Crippen LogP contribution in [0.25, 0.3) is 0 Å². The van der Waals surface area contributed by atoms with Crippen LogP contribution in [0.15, 0.2) is 24.3 Å². The largest absolute Gasteiger partial charge is 0.369 e. The van der Waals surface area contributed by atoms with Crippen molar-refractivity contribution in [1.82, 2.24) is 9.80 Å². The van der Waals surface area contributed by atoms with E-state index in [1.807, 2.05) is 0 Å². The van der Waals surface area contributed by atoms with E-state index in [9.17, 15) is 4.79 Å². The molecule has 1 saturated carbocycles. The lowest BCUT2D eigenvalue weighted by Gasteiger charge is -2.42. The zero-order valence-electron chi connectivity index (χ0n) is 21.4. The highest BCUT2D eigenvalue weighted by Gasteiger charge is 2.33. The number of hydrogen-bond acceptors (Lipinski definition) is 3. The Morgan fingerprint density at radius 1 is 0.879 bits per heavy atom. The van der Waals surface area contributed by atoms with Gasteiger partial charge in [-0.25, -0.2) is 0 Å². The number of halogens is 1. The van der Waals surface area contributed by atoms with Gasteiger partial charge in [-0.1, -0.05) is 39.0 Å². The van der Waals surface area contributed by atoms with Crippen molar-refractivity contribution in [2.45, 2.75) is 84.6 Å². The molecule has 0 spiro atoms. The van der Waals surface area contributed by atoms with Crippen LogP contribution in [-0.2, 0) is 4.79 Å². The molecule has 0 N–H and O–H groups in total. The van der Waals surface area contributed by atoms with Crippen LogP contribution in [0.2, 0.25) is 0 Å². The van der Waals surface area contributed by atoms with Crippen LogP contribution in [0.5, 0.6) is 0 Å². The molecule has 0 bridgehead atoms. The molecule has 3 fully saturated rings. The van der Waals surface area contributed by atoms with Gasteiger partial charge in [0.25, 0.3) is 0 Å². The number of hydrogen-bond donors (Lipinski definition) is 0. The second-order valence-corrected chi connectivity index (χ2v) is 11.6. The predicted molar refractivity (Wildman–Crippen MR) is 142 cm³/mol. The van der Waals surface area contributed by atoms with Gasteiger partial charge in [0.15, 0.2) is 0 Å². The number of likely N-dealkylation sites (tertiary alicyclic amines) is 1. The van der Waals surface area contributed by atoms with Crippen LogP contribution in [0.1, 0.15) is 84.1 Å². The second-order valence-electron chi connectivity index (χ2n) is 11.6. The van der Waals surface area contributed by atoms with Gasteiger partial charge >= 0.3 is 0 Å². The first-order chi connectivity index (χ1) is 15.3. The highest BCUT2D eigenvalue weighted by atomic mass is 35.5. The quantitative estimate of drug-likeness (QED) is 0.538. The molecule has 186 valence electrons. The Labute approximate surface area is 208 Å². The number of nitrogens with zero attached hydrogens (tertiary/aromatic N) is 3. The Morgan fingerprint density at radius 2 is 1.48 bits per heavy atom. The van der Waals surface area contributed by atoms with Gasteiger partial charge in [0, 0.05) is 45.0 Å². The van der Waals surface area contributed by atoms with Gasteiger partial charge in [0.2, 0.25) is 5.91 Å². The lowest BCUT2D eigenvalue weighted by atomic mass is 9.68. The first-order valence-corrected chi connectivity index (χ1v) is 13.2. The maximum atomic E-state index is 13.0. The summed E-state index contributed by atoms with van der Waals surface area (Å²) in [5.74, 6) is 1.89. The number of amides is 1. The summed E-state index contributed by atoms with van der Waals surface area (Å²) in [6, 6.07) is 9.16. The third-order valence-electron chi connectivity index (χ3n) is 8.56. The molecule has 1 amide bonds. The van der Waals surface area contributed by atoms with Crippen LogP contribution >= 0.6 is 12.4 Å². The average Bonchev–Trinajstić information content (AvgIpc) is 2.83. The van der Waals surface area contributed by atoms with E-state index in [1.165, 1.54) is 50.6 Å². The van der Waals surface area contributed by atoms with E-state index in [0.717, 1.165) is 45.2 Å². The summed E-state index contributed by atoms with van der Waals surface area (Å²) in [5.41, 5.74) is 3.44. The molecule has 33 heavy (non-hydrogen) atoms. The van der Waals surface area contributed by atoms with E-state index in [4.69, 9.17) is 0 Å². The smallest absolute Gasteiger partial charge is 0.239 e. The van der Waals surface area contributed by atoms with Gasteiger partial charge in [-0.15, -0.1) is 12.4 Å². The molecule has 3 aliphatic rings. The van der Waals surface area contributed by atoms with Crippen molar-refractivity contribution in [3.05, 3.63) is 29.8 Å². The van der Waals surface area contributed by atoms with E-state index in [1.54, 1.807) is 5.56 Å². The van der Waals surface area contributed by atoms with Gasteiger partial charge in [-0.3, -0.25) is 9.69 Å². The molecule has 2 aliphatic heterocycles. The molecule has 5 heteroatoms. The number of carbonyl (C=O) groups is 1. The molecule has 2 heterocycles. The number of para-hydroxylation sites is 1. The van der Waals surface area contributed by atoms with Crippen LogP contribution in [0.3, 0.4) is 0 Å². The van der Waals surface area contributed by atoms with Crippen LogP contribution in [0, 0.1) is 11.3 Å². The highest BCUT2D eigenvalue weighted by Crippen LogP contribution is 2.45. The fourth-order valence-electron chi connectivity index (χ4n) is 6.28. The number of carbonyl (C=O) groups excluding carboxylic acids is 1. The SMILES string of the molecule is CC(C(=O)N1CCCCC1)N1CCN(c2ccccc2C2CCC(C(C)(C)C)CC2)CC1.Cl. The van der Waals surface area contributed by atoms with E-state index in [-0.39, 0.29) is 18.4 Å². The molecule has 1 aliphatic carbocycles. The summed E-state index contributed by atoms with van der Waals surface area (Å²) < 4.78 is 0. The fourth-order valence-corrected chi connectivity index (χ4v) is 6.28. The maximum absolute atomic E-state index is 13.0. The van der Waals surface area contributed by atoms with E-state index in [2.05, 4.69) is 66.7 Å². The third-order valence-corrected chi connectivity index (χ3v) is 8.56. The van der Waals surface area contributed by atoms with Gasteiger partial charge in [-0.05, 0) is 80.8 Å². The summed E-state index contributed by atoms with van der Waals surface area (Å²) in [4.78, 5) is 20.1. The van der Waals surface area contributed by atoms with Crippen molar-refractivity contribution in [3.8, 4) is 0 Å². The third kappa shape index (κ3) is 6.25. The average molecular weight is 476 g/mol. The molecular weight excluding hydrogens is 430 g/mol. The first-order valence-electron chi connectivity index (χ1n) is 13.2. The molecular formula is C28H46ClN3O. The standard InChI is InChI=1S/C28H45N3O.ClH/c1-22(27(32)31-16-8-5-9-17-31)29-18-20-30(21-19-29)26-11-7-6-10-25(26)23-12-14-24(15-13-23)28(2,3)4;/h6-7,10-11,22-24H,5,8-9,12-21H2,1-4H3;1H. The predicted octanol–water partition coefficient (Wildman–Crippen LogP) is 5.95. The number of anilines is 1. The summed E-state index contributed by atoms with van der Waals surface area (Å²) >= 11 is 0. The number of piperidine rings is 1. The Bertz CT molecular complexity index is 755. The van der Waals surface area contributed by atoms with Crippen LogP contribution in [-0.4, -0.2) is 61.0 Å². The lowest BCUT2D eigenvalue weighted by Crippen LogP contribution is -2.55. The highest BCUT2D eigenvalue weighted by molar-refractivity contribution is 5.85. The number of piperazine rings is 1. The minimum absolute atomic E-state index is 0. The number of rotatable bonds is 4. The zero-order chi connectivity index (χ0) is 22.7. The Morgan fingerprint density at radius 3 is 2.09 bits per heavy atom. The number of benzene rings is 1. The van der Waals surface area contributed by atoms with Gasteiger partial charge in [-0.2, -0.15) is 0 Å². The van der Waals surface area contributed by atoms with E-state index < -0.39 is 0 Å². The summed E-state index contributed by atoms with van der Waals surface area (Å²) in [6.07, 6.45) is 8.95. The van der Waals surface area contributed by atoms with Crippen molar-refractivity contribution in [2.75, 3.05) is 44.2 Å². The summed E-state index contributed by atoms with van der Waals surface area (Å²) in [7, 11) is 0.